The summed E-state index contributed by atoms with van der Waals surface area (Å²) in [5.74, 6) is 5.60. The SMILES string of the molecule is NNC(c1cnccn1)c1cc(Br)ccc1Br. The molecule has 0 amide bonds. The zero-order valence-electron chi connectivity index (χ0n) is 8.77. The predicted octanol–water partition coefficient (Wildman–Crippen LogP) is 2.55. The van der Waals surface area contributed by atoms with Crippen LogP contribution in [0.25, 0.3) is 0 Å². The number of nitrogens with one attached hydrogen (secondary N) is 1. The highest BCUT2D eigenvalue weighted by atomic mass is 79.9. The molecule has 2 rings (SSSR count). The van der Waals surface area contributed by atoms with Gasteiger partial charge in [0.15, 0.2) is 0 Å². The molecule has 1 heterocycles. The molecule has 88 valence electrons. The van der Waals surface area contributed by atoms with Gasteiger partial charge in [-0.15, -0.1) is 0 Å². The van der Waals surface area contributed by atoms with E-state index in [0.29, 0.717) is 0 Å². The fourth-order valence-corrected chi connectivity index (χ4v) is 2.38. The molecule has 0 radical (unpaired) electrons. The normalized spacial score (nSPS) is 12.4. The molecule has 17 heavy (non-hydrogen) atoms. The Bertz CT molecular complexity index is 504. The monoisotopic (exact) mass is 356 g/mol. The number of hydrazine groups is 1. The van der Waals surface area contributed by atoms with E-state index in [0.717, 1.165) is 20.2 Å². The zero-order valence-corrected chi connectivity index (χ0v) is 11.9. The lowest BCUT2D eigenvalue weighted by Crippen LogP contribution is -2.29. The molecule has 2 aromatic rings. The van der Waals surface area contributed by atoms with E-state index in [-0.39, 0.29) is 6.04 Å². The van der Waals surface area contributed by atoms with Crippen LogP contribution in [-0.2, 0) is 0 Å². The Balaban J connectivity index is 2.46. The molecule has 0 spiro atoms. The van der Waals surface area contributed by atoms with Gasteiger partial charge >= 0.3 is 0 Å². The highest BCUT2D eigenvalue weighted by Gasteiger charge is 2.16. The van der Waals surface area contributed by atoms with Crippen LogP contribution in [0.1, 0.15) is 17.3 Å². The Labute approximate surface area is 116 Å². The minimum atomic E-state index is -0.199. The van der Waals surface area contributed by atoms with Crippen molar-refractivity contribution in [3.63, 3.8) is 0 Å². The van der Waals surface area contributed by atoms with Gasteiger partial charge in [0.2, 0.25) is 0 Å². The van der Waals surface area contributed by atoms with Crippen molar-refractivity contribution in [1.82, 2.24) is 15.4 Å². The van der Waals surface area contributed by atoms with Crippen LogP contribution in [0.5, 0.6) is 0 Å². The molecule has 0 aliphatic carbocycles. The molecular weight excluding hydrogens is 348 g/mol. The van der Waals surface area contributed by atoms with E-state index in [1.807, 2.05) is 18.2 Å². The Morgan fingerprint density at radius 1 is 1.24 bits per heavy atom. The maximum Gasteiger partial charge on any atom is 0.0908 e. The smallest absolute Gasteiger partial charge is 0.0908 e. The predicted molar refractivity (Wildman–Crippen MR) is 73.0 cm³/mol. The molecule has 4 nitrogen and oxygen atoms in total. The highest BCUT2D eigenvalue weighted by Crippen LogP contribution is 2.29. The number of benzene rings is 1. The topological polar surface area (TPSA) is 63.8 Å². The quantitative estimate of drug-likeness (QED) is 0.654. The van der Waals surface area contributed by atoms with Crippen LogP contribution in [0.15, 0.2) is 45.7 Å². The molecule has 6 heteroatoms. The fourth-order valence-electron chi connectivity index (χ4n) is 1.53. The average molecular weight is 358 g/mol. The molecule has 0 saturated heterocycles. The lowest BCUT2D eigenvalue weighted by molar-refractivity contribution is 0.615. The van der Waals surface area contributed by atoms with Gasteiger partial charge in [-0.05, 0) is 23.8 Å². The van der Waals surface area contributed by atoms with Crippen LogP contribution in [0, 0.1) is 0 Å². The second-order valence-corrected chi connectivity index (χ2v) is 5.17. The summed E-state index contributed by atoms with van der Waals surface area (Å²) in [6.45, 7) is 0. The molecule has 1 atom stereocenters. The Morgan fingerprint density at radius 3 is 2.71 bits per heavy atom. The van der Waals surface area contributed by atoms with Crippen molar-refractivity contribution >= 4 is 31.9 Å². The summed E-state index contributed by atoms with van der Waals surface area (Å²) in [5.41, 5.74) is 4.52. The maximum atomic E-state index is 5.60. The molecule has 0 fully saturated rings. The molecule has 0 aliphatic heterocycles. The van der Waals surface area contributed by atoms with Crippen molar-refractivity contribution in [2.45, 2.75) is 6.04 Å². The molecule has 1 aromatic carbocycles. The van der Waals surface area contributed by atoms with Gasteiger partial charge in [-0.1, -0.05) is 31.9 Å². The van der Waals surface area contributed by atoms with Crippen LogP contribution in [0.4, 0.5) is 0 Å². The van der Waals surface area contributed by atoms with Crippen LogP contribution in [-0.4, -0.2) is 9.97 Å². The Hall–Kier alpha value is -0.820. The van der Waals surface area contributed by atoms with Crippen molar-refractivity contribution < 1.29 is 0 Å². The van der Waals surface area contributed by atoms with Crippen LogP contribution < -0.4 is 11.3 Å². The van der Waals surface area contributed by atoms with Crippen molar-refractivity contribution in [2.24, 2.45) is 5.84 Å². The van der Waals surface area contributed by atoms with Crippen LogP contribution in [0.3, 0.4) is 0 Å². The summed E-state index contributed by atoms with van der Waals surface area (Å²) in [7, 11) is 0. The lowest BCUT2D eigenvalue weighted by atomic mass is 10.1. The number of rotatable bonds is 3. The van der Waals surface area contributed by atoms with E-state index < -0.39 is 0 Å². The molecule has 0 bridgehead atoms. The van der Waals surface area contributed by atoms with E-state index in [1.165, 1.54) is 0 Å². The van der Waals surface area contributed by atoms with Crippen molar-refractivity contribution in [2.75, 3.05) is 0 Å². The van der Waals surface area contributed by atoms with Crippen molar-refractivity contribution in [1.29, 1.82) is 0 Å². The van der Waals surface area contributed by atoms with Crippen LogP contribution in [0.2, 0.25) is 0 Å². The third kappa shape index (κ3) is 2.90. The number of aromatic nitrogens is 2. The van der Waals surface area contributed by atoms with Gasteiger partial charge in [-0.25, -0.2) is 5.43 Å². The minimum absolute atomic E-state index is 0.199. The van der Waals surface area contributed by atoms with Crippen molar-refractivity contribution in [3.05, 3.63) is 57.0 Å². The molecular formula is C11H10Br2N4. The highest BCUT2D eigenvalue weighted by molar-refractivity contribution is 9.11. The second-order valence-electron chi connectivity index (χ2n) is 3.40. The molecule has 1 aromatic heterocycles. The summed E-state index contributed by atoms with van der Waals surface area (Å²) in [6, 6.07) is 5.71. The summed E-state index contributed by atoms with van der Waals surface area (Å²) >= 11 is 6.95. The summed E-state index contributed by atoms with van der Waals surface area (Å²) in [4.78, 5) is 8.30. The Kier molecular flexibility index (Phi) is 4.22. The zero-order chi connectivity index (χ0) is 12.3. The van der Waals surface area contributed by atoms with Gasteiger partial charge in [0.25, 0.3) is 0 Å². The number of nitrogens with two attached hydrogens (primary N) is 1. The third-order valence-corrected chi connectivity index (χ3v) is 3.53. The number of hydrogen-bond acceptors (Lipinski definition) is 4. The summed E-state index contributed by atoms with van der Waals surface area (Å²) in [6.07, 6.45) is 4.97. The summed E-state index contributed by atoms with van der Waals surface area (Å²) < 4.78 is 1.95. The largest absolute Gasteiger partial charge is 0.271 e. The molecule has 1 unspecified atom stereocenters. The van der Waals surface area contributed by atoms with Crippen LogP contribution >= 0.6 is 31.9 Å². The van der Waals surface area contributed by atoms with E-state index >= 15 is 0 Å². The number of hydrogen-bond donors (Lipinski definition) is 2. The fraction of sp³-hybridized carbons (Fsp3) is 0.0909. The maximum absolute atomic E-state index is 5.60. The minimum Gasteiger partial charge on any atom is -0.271 e. The van der Waals surface area contributed by atoms with E-state index in [4.69, 9.17) is 5.84 Å². The molecule has 0 saturated carbocycles. The first kappa shape index (κ1) is 12.6. The lowest BCUT2D eigenvalue weighted by Gasteiger charge is -2.17. The molecule has 0 aliphatic rings. The van der Waals surface area contributed by atoms with Gasteiger partial charge in [-0.3, -0.25) is 15.8 Å². The van der Waals surface area contributed by atoms with Gasteiger partial charge in [-0.2, -0.15) is 0 Å². The Morgan fingerprint density at radius 2 is 2.06 bits per heavy atom. The summed E-state index contributed by atoms with van der Waals surface area (Å²) in [5, 5.41) is 0. The number of nitrogens with zero attached hydrogens (tertiary/aromatic N) is 2. The first-order valence-corrected chi connectivity index (χ1v) is 6.48. The van der Waals surface area contributed by atoms with E-state index in [2.05, 4.69) is 47.3 Å². The van der Waals surface area contributed by atoms with E-state index in [1.54, 1.807) is 18.6 Å². The third-order valence-electron chi connectivity index (χ3n) is 2.31. The van der Waals surface area contributed by atoms with Gasteiger partial charge in [0.05, 0.1) is 17.9 Å². The number of halogens is 2. The van der Waals surface area contributed by atoms with Gasteiger partial charge in [0.1, 0.15) is 0 Å². The molecule has 3 N–H and O–H groups in total. The van der Waals surface area contributed by atoms with Gasteiger partial charge < -0.3 is 0 Å². The standard InChI is InChI=1S/C11H10Br2N4/c12-7-1-2-9(13)8(5-7)11(17-14)10-6-15-3-4-16-10/h1-6,11,17H,14H2. The average Bonchev–Trinajstić information content (AvgIpc) is 2.36. The first-order valence-electron chi connectivity index (χ1n) is 4.89. The van der Waals surface area contributed by atoms with Gasteiger partial charge in [0, 0.05) is 21.3 Å². The van der Waals surface area contributed by atoms with Crippen molar-refractivity contribution in [3.8, 4) is 0 Å². The second kappa shape index (κ2) is 5.68. The van der Waals surface area contributed by atoms with E-state index in [9.17, 15) is 0 Å². The first-order chi connectivity index (χ1) is 8.22.